The van der Waals surface area contributed by atoms with Crippen molar-refractivity contribution in [3.63, 3.8) is 0 Å². The van der Waals surface area contributed by atoms with E-state index in [0.29, 0.717) is 5.69 Å². The van der Waals surface area contributed by atoms with Crippen molar-refractivity contribution in [2.75, 3.05) is 5.32 Å². The fourth-order valence-corrected chi connectivity index (χ4v) is 1.99. The average Bonchev–Trinajstić information content (AvgIpc) is 2.85. The van der Waals surface area contributed by atoms with Crippen molar-refractivity contribution < 1.29 is 14.1 Å². The predicted molar refractivity (Wildman–Crippen MR) is 76.9 cm³/mol. The maximum absolute atomic E-state index is 11.9. The Morgan fingerprint density at radius 2 is 1.90 bits per heavy atom. The number of benzene rings is 1. The number of carbonyl (C=O) groups is 1. The van der Waals surface area contributed by atoms with Crippen LogP contribution in [0.1, 0.15) is 21.7 Å². The molecule has 0 saturated heterocycles. The molecule has 0 spiro atoms. The van der Waals surface area contributed by atoms with Gasteiger partial charge in [0.2, 0.25) is 0 Å². The third-order valence-electron chi connectivity index (χ3n) is 2.69. The summed E-state index contributed by atoms with van der Waals surface area (Å²) in [6.45, 7) is 3.81. The molecule has 0 atom stereocenters. The van der Waals surface area contributed by atoms with Crippen molar-refractivity contribution in [3.05, 3.63) is 55.7 Å². The highest BCUT2D eigenvalue weighted by Crippen LogP contribution is 2.25. The SMILES string of the molecule is Cc1cc(NC(=O)c2ccc([N+](=O)[O-])o2)cc(C)c1Br. The number of aryl methyl sites for hydroxylation is 2. The molecule has 104 valence electrons. The molecular formula is C13H11BrN2O4. The highest BCUT2D eigenvalue weighted by Gasteiger charge is 2.17. The van der Waals surface area contributed by atoms with Crippen LogP contribution in [0.5, 0.6) is 0 Å². The molecule has 0 radical (unpaired) electrons. The molecule has 0 saturated carbocycles. The lowest BCUT2D eigenvalue weighted by Crippen LogP contribution is -2.11. The zero-order valence-corrected chi connectivity index (χ0v) is 12.4. The van der Waals surface area contributed by atoms with E-state index in [2.05, 4.69) is 21.2 Å². The number of hydrogen-bond donors (Lipinski definition) is 1. The number of nitro groups is 1. The first-order valence-corrected chi connectivity index (χ1v) is 6.50. The van der Waals surface area contributed by atoms with Gasteiger partial charge in [0, 0.05) is 10.2 Å². The number of nitrogens with one attached hydrogen (secondary N) is 1. The Kier molecular flexibility index (Phi) is 3.89. The quantitative estimate of drug-likeness (QED) is 0.680. The van der Waals surface area contributed by atoms with Gasteiger partial charge >= 0.3 is 5.88 Å². The number of amides is 1. The molecule has 0 aliphatic carbocycles. The van der Waals surface area contributed by atoms with Gasteiger partial charge in [0.25, 0.3) is 5.91 Å². The molecule has 20 heavy (non-hydrogen) atoms. The molecule has 0 fully saturated rings. The van der Waals surface area contributed by atoms with Gasteiger partial charge in [-0.25, -0.2) is 0 Å². The van der Waals surface area contributed by atoms with Crippen molar-refractivity contribution in [2.24, 2.45) is 0 Å². The molecule has 1 heterocycles. The summed E-state index contributed by atoms with van der Waals surface area (Å²) in [7, 11) is 0. The molecular weight excluding hydrogens is 328 g/mol. The first-order valence-electron chi connectivity index (χ1n) is 5.71. The summed E-state index contributed by atoms with van der Waals surface area (Å²) in [6.07, 6.45) is 0. The lowest BCUT2D eigenvalue weighted by Gasteiger charge is -2.08. The van der Waals surface area contributed by atoms with Crippen LogP contribution in [0.4, 0.5) is 11.6 Å². The van der Waals surface area contributed by atoms with Crippen LogP contribution in [0.25, 0.3) is 0 Å². The van der Waals surface area contributed by atoms with Gasteiger partial charge in [0.05, 0.1) is 6.07 Å². The third kappa shape index (κ3) is 2.88. The normalized spacial score (nSPS) is 10.3. The molecule has 1 aromatic heterocycles. The topological polar surface area (TPSA) is 85.4 Å². The van der Waals surface area contributed by atoms with E-state index < -0.39 is 16.7 Å². The van der Waals surface area contributed by atoms with Gasteiger partial charge in [0.15, 0.2) is 5.76 Å². The molecule has 1 aromatic carbocycles. The number of nitrogens with zero attached hydrogens (tertiary/aromatic N) is 1. The second-order valence-electron chi connectivity index (χ2n) is 4.27. The number of carbonyl (C=O) groups excluding carboxylic acids is 1. The number of rotatable bonds is 3. The molecule has 0 unspecified atom stereocenters. The first kappa shape index (κ1) is 14.3. The van der Waals surface area contributed by atoms with Crippen LogP contribution >= 0.6 is 15.9 Å². The molecule has 7 heteroatoms. The summed E-state index contributed by atoms with van der Waals surface area (Å²) in [4.78, 5) is 21.7. The largest absolute Gasteiger partial charge is 0.433 e. The van der Waals surface area contributed by atoms with E-state index in [1.807, 2.05) is 13.8 Å². The van der Waals surface area contributed by atoms with Crippen LogP contribution in [0, 0.1) is 24.0 Å². The van der Waals surface area contributed by atoms with Crippen LogP contribution in [0.3, 0.4) is 0 Å². The van der Waals surface area contributed by atoms with Gasteiger partial charge in [-0.3, -0.25) is 14.9 Å². The minimum atomic E-state index is -0.690. The minimum Gasteiger partial charge on any atom is -0.395 e. The lowest BCUT2D eigenvalue weighted by atomic mass is 10.1. The Labute approximate surface area is 123 Å². The molecule has 0 bridgehead atoms. The summed E-state index contributed by atoms with van der Waals surface area (Å²) in [5.74, 6) is -1.09. The van der Waals surface area contributed by atoms with E-state index in [4.69, 9.17) is 4.42 Å². The van der Waals surface area contributed by atoms with E-state index in [1.54, 1.807) is 12.1 Å². The van der Waals surface area contributed by atoms with Gasteiger partial charge in [-0.05, 0) is 43.2 Å². The molecule has 0 aliphatic rings. The molecule has 6 nitrogen and oxygen atoms in total. The van der Waals surface area contributed by atoms with Crippen LogP contribution in [-0.4, -0.2) is 10.8 Å². The highest BCUT2D eigenvalue weighted by atomic mass is 79.9. The second kappa shape index (κ2) is 5.46. The predicted octanol–water partition coefficient (Wildman–Crippen LogP) is 3.82. The van der Waals surface area contributed by atoms with Gasteiger partial charge in [-0.15, -0.1) is 0 Å². The Hall–Kier alpha value is -2.15. The summed E-state index contributed by atoms with van der Waals surface area (Å²) in [6, 6.07) is 6.01. The summed E-state index contributed by atoms with van der Waals surface area (Å²) in [5, 5.41) is 13.1. The van der Waals surface area contributed by atoms with Crippen LogP contribution < -0.4 is 5.32 Å². The fraction of sp³-hybridized carbons (Fsp3) is 0.154. The highest BCUT2D eigenvalue weighted by molar-refractivity contribution is 9.10. The van der Waals surface area contributed by atoms with Crippen molar-refractivity contribution in [3.8, 4) is 0 Å². The first-order chi connectivity index (χ1) is 9.38. The lowest BCUT2D eigenvalue weighted by molar-refractivity contribution is -0.402. The fourth-order valence-electron chi connectivity index (χ4n) is 1.76. The second-order valence-corrected chi connectivity index (χ2v) is 5.07. The van der Waals surface area contributed by atoms with E-state index >= 15 is 0 Å². The van der Waals surface area contributed by atoms with Crippen LogP contribution in [0.15, 0.2) is 33.2 Å². The number of anilines is 1. The Morgan fingerprint density at radius 3 is 2.40 bits per heavy atom. The number of halogens is 1. The summed E-state index contributed by atoms with van der Waals surface area (Å²) >= 11 is 3.44. The smallest absolute Gasteiger partial charge is 0.395 e. The number of furan rings is 1. The van der Waals surface area contributed by atoms with Crippen LogP contribution in [-0.2, 0) is 0 Å². The Morgan fingerprint density at radius 1 is 1.30 bits per heavy atom. The standard InChI is InChI=1S/C13H11BrN2O4/c1-7-5-9(6-8(2)12(7)14)15-13(17)10-3-4-11(20-10)16(18)19/h3-6H,1-2H3,(H,15,17). The minimum absolute atomic E-state index is 0.102. The Balaban J connectivity index is 2.21. The zero-order valence-electron chi connectivity index (χ0n) is 10.8. The van der Waals surface area contributed by atoms with Crippen molar-refractivity contribution >= 4 is 33.4 Å². The maximum atomic E-state index is 11.9. The van der Waals surface area contributed by atoms with Gasteiger partial charge in [-0.1, -0.05) is 15.9 Å². The number of hydrogen-bond acceptors (Lipinski definition) is 4. The maximum Gasteiger partial charge on any atom is 0.433 e. The molecule has 0 aliphatic heterocycles. The Bertz CT molecular complexity index is 670. The third-order valence-corrected chi connectivity index (χ3v) is 3.94. The molecule has 1 N–H and O–H groups in total. The van der Waals surface area contributed by atoms with Crippen LogP contribution in [0.2, 0.25) is 0 Å². The van der Waals surface area contributed by atoms with Gasteiger partial charge in [-0.2, -0.15) is 0 Å². The van der Waals surface area contributed by atoms with E-state index in [0.717, 1.165) is 21.7 Å². The summed E-state index contributed by atoms with van der Waals surface area (Å²) in [5.41, 5.74) is 2.56. The van der Waals surface area contributed by atoms with Gasteiger partial charge in [0.1, 0.15) is 4.92 Å². The molecule has 2 rings (SSSR count). The molecule has 2 aromatic rings. The zero-order chi connectivity index (χ0) is 14.9. The van der Waals surface area contributed by atoms with Crippen molar-refractivity contribution in [2.45, 2.75) is 13.8 Å². The van der Waals surface area contributed by atoms with Crippen molar-refractivity contribution in [1.29, 1.82) is 0 Å². The summed E-state index contributed by atoms with van der Waals surface area (Å²) < 4.78 is 5.82. The monoisotopic (exact) mass is 338 g/mol. The molecule has 1 amide bonds. The van der Waals surface area contributed by atoms with Gasteiger partial charge < -0.3 is 9.73 Å². The van der Waals surface area contributed by atoms with E-state index in [9.17, 15) is 14.9 Å². The average molecular weight is 339 g/mol. The van der Waals surface area contributed by atoms with E-state index in [1.165, 1.54) is 6.07 Å². The van der Waals surface area contributed by atoms with Crippen molar-refractivity contribution in [1.82, 2.24) is 0 Å². The van der Waals surface area contributed by atoms with E-state index in [-0.39, 0.29) is 5.76 Å².